The lowest BCUT2D eigenvalue weighted by Crippen LogP contribution is -2.19. The van der Waals surface area contributed by atoms with Crippen molar-refractivity contribution >= 4 is 44.3 Å². The minimum Gasteiger partial charge on any atom is -0.467 e. The summed E-state index contributed by atoms with van der Waals surface area (Å²) in [6, 6.07) is 5.79. The number of thioether (sulfide) groups is 1. The highest BCUT2D eigenvalue weighted by atomic mass is 32.2. The smallest absolute Gasteiger partial charge is 0.331 e. The van der Waals surface area contributed by atoms with Gasteiger partial charge in [0.15, 0.2) is 6.04 Å². The van der Waals surface area contributed by atoms with Crippen molar-refractivity contribution in [1.29, 1.82) is 0 Å². The summed E-state index contributed by atoms with van der Waals surface area (Å²) in [6.07, 6.45) is 0. The summed E-state index contributed by atoms with van der Waals surface area (Å²) in [5.74, 6) is 0.358. The van der Waals surface area contributed by atoms with Gasteiger partial charge in [-0.3, -0.25) is 4.99 Å². The molecule has 0 saturated carbocycles. The van der Waals surface area contributed by atoms with Crippen LogP contribution in [-0.2, 0) is 9.53 Å². The Morgan fingerprint density at radius 1 is 1.47 bits per heavy atom. The third-order valence-electron chi connectivity index (χ3n) is 2.85. The molecule has 0 N–H and O–H groups in total. The summed E-state index contributed by atoms with van der Waals surface area (Å²) in [4.78, 5) is 20.4. The van der Waals surface area contributed by atoms with E-state index in [-0.39, 0.29) is 5.97 Å². The number of aryl methyl sites for hydroxylation is 1. The van der Waals surface area contributed by atoms with Crippen LogP contribution in [0.3, 0.4) is 0 Å². The molecular formula is C13H12N2O2S2. The molecule has 0 radical (unpaired) electrons. The van der Waals surface area contributed by atoms with Gasteiger partial charge in [-0.15, -0.1) is 23.1 Å². The fourth-order valence-corrected chi connectivity index (χ4v) is 4.03. The molecule has 19 heavy (non-hydrogen) atoms. The van der Waals surface area contributed by atoms with E-state index >= 15 is 0 Å². The van der Waals surface area contributed by atoms with Crippen molar-refractivity contribution in [3.63, 3.8) is 0 Å². The van der Waals surface area contributed by atoms with Crippen LogP contribution in [0.25, 0.3) is 10.2 Å². The number of nitrogens with zero attached hydrogens (tertiary/aromatic N) is 2. The van der Waals surface area contributed by atoms with Gasteiger partial charge in [-0.25, -0.2) is 9.78 Å². The Kier molecular flexibility index (Phi) is 3.28. The average molecular weight is 292 g/mol. The Morgan fingerprint density at radius 2 is 2.32 bits per heavy atom. The number of aliphatic imine (C=N–C) groups is 1. The molecule has 1 atom stereocenters. The Morgan fingerprint density at radius 3 is 3.11 bits per heavy atom. The van der Waals surface area contributed by atoms with Gasteiger partial charge in [0.25, 0.3) is 0 Å². The predicted molar refractivity (Wildman–Crippen MR) is 79.2 cm³/mol. The van der Waals surface area contributed by atoms with Crippen molar-refractivity contribution in [2.24, 2.45) is 4.99 Å². The van der Waals surface area contributed by atoms with E-state index < -0.39 is 6.04 Å². The number of esters is 1. The van der Waals surface area contributed by atoms with Crippen molar-refractivity contribution in [3.05, 3.63) is 28.8 Å². The number of carbonyl (C=O) groups is 1. The molecule has 1 aliphatic rings. The number of methoxy groups -OCH3 is 1. The molecule has 0 amide bonds. The first-order valence-corrected chi connectivity index (χ1v) is 7.63. The van der Waals surface area contributed by atoms with E-state index in [1.165, 1.54) is 12.7 Å². The molecule has 0 unspecified atom stereocenters. The maximum Gasteiger partial charge on any atom is 0.331 e. The standard InChI is InChI=1S/C13H12N2O2S2/c1-7-3-4-8-10(5-7)19-12(14-8)11-15-9(6-18-11)13(16)17-2/h3-5,9H,6H2,1-2H3/t9-/m1/s1. The molecule has 98 valence electrons. The quantitative estimate of drug-likeness (QED) is 0.799. The van der Waals surface area contributed by atoms with Crippen LogP contribution in [-0.4, -0.2) is 34.9 Å². The summed E-state index contributed by atoms with van der Waals surface area (Å²) >= 11 is 3.18. The maximum atomic E-state index is 11.4. The fraction of sp³-hybridized carbons (Fsp3) is 0.308. The van der Waals surface area contributed by atoms with Gasteiger partial charge < -0.3 is 4.74 Å². The minimum atomic E-state index is -0.390. The monoisotopic (exact) mass is 292 g/mol. The molecule has 0 aliphatic carbocycles. The molecular weight excluding hydrogens is 280 g/mol. The average Bonchev–Trinajstić information content (AvgIpc) is 3.03. The molecule has 1 aromatic carbocycles. The van der Waals surface area contributed by atoms with Crippen LogP contribution in [0, 0.1) is 6.92 Å². The summed E-state index contributed by atoms with van der Waals surface area (Å²) in [7, 11) is 1.39. The molecule has 4 nitrogen and oxygen atoms in total. The van der Waals surface area contributed by atoms with Gasteiger partial charge in [-0.05, 0) is 24.6 Å². The molecule has 0 saturated heterocycles. The van der Waals surface area contributed by atoms with Crippen LogP contribution >= 0.6 is 23.1 Å². The first-order valence-electron chi connectivity index (χ1n) is 5.83. The van der Waals surface area contributed by atoms with Gasteiger partial charge in [-0.2, -0.15) is 0 Å². The van der Waals surface area contributed by atoms with Crippen molar-refractivity contribution in [1.82, 2.24) is 4.98 Å². The highest BCUT2D eigenvalue weighted by Crippen LogP contribution is 2.30. The van der Waals surface area contributed by atoms with E-state index in [9.17, 15) is 4.79 Å². The Bertz CT molecular complexity index is 678. The Hall–Kier alpha value is -1.40. The van der Waals surface area contributed by atoms with Crippen LogP contribution in [0.15, 0.2) is 23.2 Å². The van der Waals surface area contributed by atoms with E-state index in [1.54, 1.807) is 23.1 Å². The zero-order valence-electron chi connectivity index (χ0n) is 10.5. The maximum absolute atomic E-state index is 11.4. The van der Waals surface area contributed by atoms with Crippen molar-refractivity contribution in [2.75, 3.05) is 12.9 Å². The van der Waals surface area contributed by atoms with Gasteiger partial charge in [0.05, 0.1) is 17.3 Å². The van der Waals surface area contributed by atoms with Gasteiger partial charge >= 0.3 is 5.97 Å². The zero-order valence-corrected chi connectivity index (χ0v) is 12.2. The molecule has 1 aliphatic heterocycles. The second kappa shape index (κ2) is 4.94. The van der Waals surface area contributed by atoms with Crippen molar-refractivity contribution in [2.45, 2.75) is 13.0 Å². The number of hydrogen-bond donors (Lipinski definition) is 0. The van der Waals surface area contributed by atoms with Gasteiger partial charge in [0.1, 0.15) is 10.1 Å². The van der Waals surface area contributed by atoms with Crippen LogP contribution in [0.4, 0.5) is 0 Å². The lowest BCUT2D eigenvalue weighted by atomic mass is 10.2. The number of thiazole rings is 1. The van der Waals surface area contributed by atoms with Gasteiger partial charge in [-0.1, -0.05) is 6.07 Å². The molecule has 2 heterocycles. The molecule has 0 bridgehead atoms. The first kappa shape index (κ1) is 12.6. The van der Waals surface area contributed by atoms with Crippen LogP contribution in [0.5, 0.6) is 0 Å². The van der Waals surface area contributed by atoms with Crippen LogP contribution < -0.4 is 0 Å². The SMILES string of the molecule is COC(=O)[C@H]1CSC(c2nc3ccc(C)cc3s2)=N1. The summed E-state index contributed by atoms with van der Waals surface area (Å²) in [6.45, 7) is 2.06. The molecule has 0 spiro atoms. The Labute approximate surface area is 118 Å². The molecule has 3 rings (SSSR count). The van der Waals surface area contributed by atoms with Gasteiger partial charge in [0.2, 0.25) is 0 Å². The third kappa shape index (κ3) is 2.37. The highest BCUT2D eigenvalue weighted by Gasteiger charge is 2.27. The van der Waals surface area contributed by atoms with Gasteiger partial charge in [0, 0.05) is 5.75 Å². The molecule has 2 aromatic rings. The van der Waals surface area contributed by atoms with E-state index in [0.717, 1.165) is 20.3 Å². The number of benzene rings is 1. The topological polar surface area (TPSA) is 51.5 Å². The van der Waals surface area contributed by atoms with E-state index in [1.807, 2.05) is 12.1 Å². The second-order valence-electron chi connectivity index (χ2n) is 4.27. The van der Waals surface area contributed by atoms with E-state index in [0.29, 0.717) is 5.75 Å². The van der Waals surface area contributed by atoms with E-state index in [2.05, 4.69) is 23.0 Å². The summed E-state index contributed by atoms with van der Waals surface area (Å²) < 4.78 is 5.87. The van der Waals surface area contributed by atoms with Crippen molar-refractivity contribution in [3.8, 4) is 0 Å². The number of ether oxygens (including phenoxy) is 1. The largest absolute Gasteiger partial charge is 0.467 e. The van der Waals surface area contributed by atoms with Crippen LogP contribution in [0.1, 0.15) is 10.6 Å². The number of fused-ring (bicyclic) bond motifs is 1. The molecule has 1 aromatic heterocycles. The highest BCUT2D eigenvalue weighted by molar-refractivity contribution is 8.15. The summed E-state index contributed by atoms with van der Waals surface area (Å²) in [5.41, 5.74) is 2.20. The number of hydrogen-bond acceptors (Lipinski definition) is 6. The van der Waals surface area contributed by atoms with Crippen LogP contribution in [0.2, 0.25) is 0 Å². The normalized spacial score (nSPS) is 18.6. The predicted octanol–water partition coefficient (Wildman–Crippen LogP) is 2.64. The van der Waals surface area contributed by atoms with E-state index in [4.69, 9.17) is 4.74 Å². The lowest BCUT2D eigenvalue weighted by molar-refractivity contribution is -0.141. The fourth-order valence-electron chi connectivity index (χ4n) is 1.87. The zero-order chi connectivity index (χ0) is 13.4. The number of carbonyl (C=O) groups excluding carboxylic acids is 1. The first-order chi connectivity index (χ1) is 9.17. The molecule has 0 fully saturated rings. The van der Waals surface area contributed by atoms with Crippen molar-refractivity contribution < 1.29 is 9.53 Å². The Balaban J connectivity index is 1.95. The third-order valence-corrected chi connectivity index (χ3v) is 5.06. The number of aromatic nitrogens is 1. The summed E-state index contributed by atoms with van der Waals surface area (Å²) in [5, 5.41) is 1.73. The number of rotatable bonds is 2. The molecule has 6 heteroatoms. The lowest BCUT2D eigenvalue weighted by Gasteiger charge is -2.00. The minimum absolute atomic E-state index is 0.278. The second-order valence-corrected chi connectivity index (χ2v) is 6.31.